The highest BCUT2D eigenvalue weighted by atomic mass is 19.1. The summed E-state index contributed by atoms with van der Waals surface area (Å²) in [5.41, 5.74) is 4.68. The smallest absolute Gasteiger partial charge is 0.125 e. The van der Waals surface area contributed by atoms with E-state index in [9.17, 15) is 24.1 Å². The van der Waals surface area contributed by atoms with Gasteiger partial charge in [0.15, 0.2) is 0 Å². The second kappa shape index (κ2) is 21.9. The van der Waals surface area contributed by atoms with E-state index in [1.54, 1.807) is 12.1 Å². The maximum atomic E-state index is 13.9. The highest BCUT2D eigenvalue weighted by molar-refractivity contribution is 5.35. The first-order valence-corrected chi connectivity index (χ1v) is 19.2. The molecule has 0 spiro atoms. The molecule has 0 heterocycles. The topological polar surface area (TPSA) is 107 Å². The van der Waals surface area contributed by atoms with Crippen molar-refractivity contribution < 1.29 is 47.8 Å². The van der Waals surface area contributed by atoms with Gasteiger partial charge < -0.3 is 39.0 Å². The molecule has 0 aliphatic rings. The maximum absolute atomic E-state index is 13.9. The molecule has 6 aromatic carbocycles. The van der Waals surface area contributed by atoms with Crippen LogP contribution in [0.5, 0.6) is 11.5 Å². The van der Waals surface area contributed by atoms with Gasteiger partial charge in [-0.15, -0.1) is 0 Å². The fraction of sp³-hybridized carbons (Fsp3) is 0.250. The van der Waals surface area contributed by atoms with Gasteiger partial charge in [0.2, 0.25) is 0 Å². The van der Waals surface area contributed by atoms with Crippen LogP contribution in [0.1, 0.15) is 33.4 Å². The number of aliphatic hydroxyl groups is 3. The van der Waals surface area contributed by atoms with Gasteiger partial charge >= 0.3 is 0 Å². The molecule has 6 rings (SSSR count). The molecule has 0 aliphatic carbocycles. The highest BCUT2D eigenvalue weighted by Crippen LogP contribution is 2.29. The van der Waals surface area contributed by atoms with Crippen molar-refractivity contribution in [3.05, 3.63) is 203 Å². The van der Waals surface area contributed by atoms with E-state index in [0.29, 0.717) is 35.8 Å². The molecule has 0 aliphatic heterocycles. The molecule has 8 nitrogen and oxygen atoms in total. The first-order chi connectivity index (χ1) is 28.4. The van der Waals surface area contributed by atoms with E-state index < -0.39 is 48.8 Å². The van der Waals surface area contributed by atoms with Crippen molar-refractivity contribution in [2.45, 2.75) is 70.0 Å². The molecule has 3 N–H and O–H groups in total. The van der Waals surface area contributed by atoms with Crippen LogP contribution >= 0.6 is 0 Å². The minimum absolute atomic E-state index is 0.0341. The standard InChI is InChI=1S/C48H48F2O8/c49-40-23-19-36(20-24-40)31-56-45(28-51)46(52)47(53)48(58-32-37-21-25-41(50)26-22-37)44(27-38-15-7-9-17-42(38)54-29-34-11-3-1-4-12-34)57-33-39-16-8-10-18-43(39)55-30-35-13-5-2-6-14-35/h1-26,44-48,51-53H,27-33H2/t44?,45-,46-,47+,48-/m1/s1. The van der Waals surface area contributed by atoms with Gasteiger partial charge in [-0.2, -0.15) is 0 Å². The minimum atomic E-state index is -1.67. The zero-order valence-electron chi connectivity index (χ0n) is 32.0. The lowest BCUT2D eigenvalue weighted by Gasteiger charge is -2.36. The lowest BCUT2D eigenvalue weighted by atomic mass is 9.94. The number of para-hydroxylation sites is 2. The van der Waals surface area contributed by atoms with Crippen LogP contribution in [-0.2, 0) is 53.7 Å². The monoisotopic (exact) mass is 790 g/mol. The van der Waals surface area contributed by atoms with Crippen molar-refractivity contribution in [2.75, 3.05) is 6.61 Å². The van der Waals surface area contributed by atoms with Gasteiger partial charge in [0.1, 0.15) is 60.8 Å². The number of ether oxygens (including phenoxy) is 5. The quantitative estimate of drug-likeness (QED) is 0.0634. The number of benzene rings is 6. The van der Waals surface area contributed by atoms with Gasteiger partial charge in [-0.05, 0) is 64.2 Å². The maximum Gasteiger partial charge on any atom is 0.125 e. The van der Waals surface area contributed by atoms with Crippen LogP contribution in [0.4, 0.5) is 8.78 Å². The first-order valence-electron chi connectivity index (χ1n) is 19.2. The van der Waals surface area contributed by atoms with Gasteiger partial charge in [0, 0.05) is 12.0 Å². The summed E-state index contributed by atoms with van der Waals surface area (Å²) >= 11 is 0. The summed E-state index contributed by atoms with van der Waals surface area (Å²) in [6.45, 7) is -0.0998. The van der Waals surface area contributed by atoms with Crippen LogP contribution in [0.25, 0.3) is 0 Å². The van der Waals surface area contributed by atoms with Crippen LogP contribution in [0, 0.1) is 11.6 Å². The number of hydrogen-bond donors (Lipinski definition) is 3. The molecule has 6 aromatic rings. The van der Waals surface area contributed by atoms with Crippen LogP contribution in [0.15, 0.2) is 158 Å². The Labute approximate surface area is 337 Å². The van der Waals surface area contributed by atoms with Crippen molar-refractivity contribution in [2.24, 2.45) is 0 Å². The normalized spacial score (nSPS) is 13.9. The van der Waals surface area contributed by atoms with E-state index in [2.05, 4.69) is 0 Å². The molecule has 0 aromatic heterocycles. The number of halogens is 2. The molecule has 0 bridgehead atoms. The number of rotatable bonds is 22. The van der Waals surface area contributed by atoms with Gasteiger partial charge in [-0.1, -0.05) is 121 Å². The Balaban J connectivity index is 1.30. The van der Waals surface area contributed by atoms with Crippen LogP contribution in [0.3, 0.4) is 0 Å². The van der Waals surface area contributed by atoms with Crippen LogP contribution in [0.2, 0.25) is 0 Å². The summed E-state index contributed by atoms with van der Waals surface area (Å²) in [7, 11) is 0. The van der Waals surface area contributed by atoms with Crippen LogP contribution in [-0.4, -0.2) is 52.4 Å². The Morgan fingerprint density at radius 2 is 0.845 bits per heavy atom. The molecule has 5 atom stereocenters. The molecular weight excluding hydrogens is 743 g/mol. The van der Waals surface area contributed by atoms with Gasteiger partial charge in [-0.3, -0.25) is 0 Å². The fourth-order valence-electron chi connectivity index (χ4n) is 6.39. The lowest BCUT2D eigenvalue weighted by molar-refractivity contribution is -0.184. The van der Waals surface area contributed by atoms with E-state index in [-0.39, 0.29) is 26.2 Å². The van der Waals surface area contributed by atoms with E-state index >= 15 is 0 Å². The Kier molecular flexibility index (Phi) is 15.9. The zero-order valence-corrected chi connectivity index (χ0v) is 32.0. The predicted molar refractivity (Wildman–Crippen MR) is 216 cm³/mol. The Bertz CT molecular complexity index is 2080. The van der Waals surface area contributed by atoms with E-state index in [1.807, 2.05) is 109 Å². The third kappa shape index (κ3) is 12.5. The first kappa shape index (κ1) is 42.2. The summed E-state index contributed by atoms with van der Waals surface area (Å²) in [5, 5.41) is 34.1. The highest BCUT2D eigenvalue weighted by Gasteiger charge is 2.39. The van der Waals surface area contributed by atoms with E-state index in [1.165, 1.54) is 36.4 Å². The average Bonchev–Trinajstić information content (AvgIpc) is 3.26. The van der Waals surface area contributed by atoms with Gasteiger partial charge in [-0.25, -0.2) is 8.78 Å². The van der Waals surface area contributed by atoms with E-state index in [4.69, 9.17) is 23.7 Å². The molecule has 0 amide bonds. The lowest BCUT2D eigenvalue weighted by Crippen LogP contribution is -2.52. The summed E-state index contributed by atoms with van der Waals surface area (Å²) in [6.07, 6.45) is -6.60. The fourth-order valence-corrected chi connectivity index (χ4v) is 6.39. The largest absolute Gasteiger partial charge is 0.489 e. The van der Waals surface area contributed by atoms with Crippen molar-refractivity contribution in [1.29, 1.82) is 0 Å². The Morgan fingerprint density at radius 1 is 0.414 bits per heavy atom. The summed E-state index contributed by atoms with van der Waals surface area (Å²) < 4.78 is 59.0. The third-order valence-corrected chi connectivity index (χ3v) is 9.64. The van der Waals surface area contributed by atoms with Gasteiger partial charge in [0.05, 0.1) is 32.5 Å². The second-order valence-electron chi connectivity index (χ2n) is 13.9. The Morgan fingerprint density at radius 3 is 1.38 bits per heavy atom. The van der Waals surface area contributed by atoms with Gasteiger partial charge in [0.25, 0.3) is 0 Å². The van der Waals surface area contributed by atoms with Crippen molar-refractivity contribution in [3.8, 4) is 11.5 Å². The molecular formula is C48H48F2O8. The SMILES string of the molecule is OC[C@@H](OCc1ccc(F)cc1)[C@@H](O)[C@H](O)[C@H](OCc1ccc(F)cc1)C(Cc1ccccc1OCc1ccccc1)OCc1ccccc1OCc1ccccc1. The van der Waals surface area contributed by atoms with Crippen molar-refractivity contribution >= 4 is 0 Å². The molecule has 1 unspecified atom stereocenters. The predicted octanol–water partition coefficient (Wildman–Crippen LogP) is 8.14. The van der Waals surface area contributed by atoms with Crippen LogP contribution < -0.4 is 9.47 Å². The molecule has 302 valence electrons. The molecule has 0 radical (unpaired) electrons. The molecule has 0 saturated carbocycles. The third-order valence-electron chi connectivity index (χ3n) is 9.64. The molecule has 0 saturated heterocycles. The van der Waals surface area contributed by atoms with Crippen molar-refractivity contribution in [1.82, 2.24) is 0 Å². The minimum Gasteiger partial charge on any atom is -0.489 e. The molecule has 58 heavy (non-hydrogen) atoms. The Hall–Kier alpha value is -5.46. The second-order valence-corrected chi connectivity index (χ2v) is 13.9. The summed E-state index contributed by atoms with van der Waals surface area (Å²) in [5.74, 6) is 0.370. The summed E-state index contributed by atoms with van der Waals surface area (Å²) in [4.78, 5) is 0. The average molecular weight is 791 g/mol. The summed E-state index contributed by atoms with van der Waals surface area (Å²) in [6, 6.07) is 45.9. The number of aliphatic hydroxyl groups excluding tert-OH is 3. The van der Waals surface area contributed by atoms with Crippen molar-refractivity contribution in [3.63, 3.8) is 0 Å². The molecule has 10 heteroatoms. The molecule has 0 fully saturated rings. The van der Waals surface area contributed by atoms with E-state index in [0.717, 1.165) is 22.3 Å². The zero-order chi connectivity index (χ0) is 40.5. The number of hydrogen-bond acceptors (Lipinski definition) is 8.